The topological polar surface area (TPSA) is 116 Å². The fraction of sp³-hybridized carbons (Fsp3) is 0.261. The molecule has 10 heteroatoms. The molecule has 1 atom stereocenters. The van der Waals surface area contributed by atoms with Gasteiger partial charge in [-0.1, -0.05) is 30.0 Å². The van der Waals surface area contributed by atoms with Crippen molar-refractivity contribution >= 4 is 40.3 Å². The third-order valence-electron chi connectivity index (χ3n) is 5.45. The Bertz CT molecular complexity index is 1240. The van der Waals surface area contributed by atoms with Crippen LogP contribution < -0.4 is 14.8 Å². The Labute approximate surface area is 194 Å². The maximum Gasteiger partial charge on any atom is 0.270 e. The van der Waals surface area contributed by atoms with Crippen LogP contribution in [0.15, 0.2) is 52.4 Å². The first-order valence-corrected chi connectivity index (χ1v) is 11.4. The lowest BCUT2D eigenvalue weighted by molar-refractivity contribution is -0.122. The number of nitriles is 1. The molecular weight excluding hydrogens is 442 g/mol. The van der Waals surface area contributed by atoms with Crippen molar-refractivity contribution in [2.45, 2.75) is 25.4 Å². The summed E-state index contributed by atoms with van der Waals surface area (Å²) in [5, 5.41) is 12.4. The second-order valence-electron chi connectivity index (χ2n) is 7.52. The number of aliphatic imine (C=N–C) groups is 2. The predicted molar refractivity (Wildman–Crippen MR) is 122 cm³/mol. The van der Waals surface area contributed by atoms with Gasteiger partial charge in [-0.15, -0.1) is 0 Å². The van der Waals surface area contributed by atoms with E-state index in [2.05, 4.69) is 21.4 Å². The molecule has 0 saturated carbocycles. The Morgan fingerprint density at radius 2 is 2.06 bits per heavy atom. The Morgan fingerprint density at radius 3 is 2.94 bits per heavy atom. The molecule has 9 nitrogen and oxygen atoms in total. The number of thioether (sulfide) groups is 1. The number of carbonyl (C=O) groups is 2. The highest BCUT2D eigenvalue weighted by molar-refractivity contribution is 8.14. The van der Waals surface area contributed by atoms with Crippen molar-refractivity contribution in [2.24, 2.45) is 9.98 Å². The average Bonchev–Trinajstić information content (AvgIpc) is 3.43. The first-order chi connectivity index (χ1) is 16.1. The number of amides is 2. The van der Waals surface area contributed by atoms with Crippen LogP contribution in [0.2, 0.25) is 0 Å². The first-order valence-electron chi connectivity index (χ1n) is 10.4. The van der Waals surface area contributed by atoms with Crippen molar-refractivity contribution < 1.29 is 19.1 Å². The summed E-state index contributed by atoms with van der Waals surface area (Å²) in [5.74, 6) is 1.59. The predicted octanol–water partition coefficient (Wildman–Crippen LogP) is 2.73. The highest BCUT2D eigenvalue weighted by Crippen LogP contribution is 2.35. The van der Waals surface area contributed by atoms with Gasteiger partial charge in [-0.3, -0.25) is 14.5 Å². The van der Waals surface area contributed by atoms with E-state index in [0.717, 1.165) is 11.1 Å². The summed E-state index contributed by atoms with van der Waals surface area (Å²) < 4.78 is 10.7. The van der Waals surface area contributed by atoms with Crippen molar-refractivity contribution in [2.75, 3.05) is 12.5 Å². The smallest absolute Gasteiger partial charge is 0.270 e. The van der Waals surface area contributed by atoms with Crippen molar-refractivity contribution in [3.8, 4) is 17.6 Å². The summed E-state index contributed by atoms with van der Waals surface area (Å²) in [6.07, 6.45) is 0.436. The molecule has 3 aliphatic rings. The van der Waals surface area contributed by atoms with Gasteiger partial charge in [-0.2, -0.15) is 10.3 Å². The van der Waals surface area contributed by atoms with Gasteiger partial charge in [-0.05, 0) is 36.2 Å². The number of fused-ring (bicyclic) bond motifs is 4. The summed E-state index contributed by atoms with van der Waals surface area (Å²) >= 11 is 1.25. The van der Waals surface area contributed by atoms with E-state index in [1.54, 1.807) is 4.90 Å². The zero-order chi connectivity index (χ0) is 22.8. The fourth-order valence-corrected chi connectivity index (χ4v) is 4.59. The maximum absolute atomic E-state index is 12.8. The number of para-hydroxylation sites is 1. The summed E-state index contributed by atoms with van der Waals surface area (Å²) in [6.45, 7) is 0.543. The molecule has 0 fully saturated rings. The molecule has 0 aromatic heterocycles. The van der Waals surface area contributed by atoms with Gasteiger partial charge in [0.2, 0.25) is 12.7 Å². The Balaban J connectivity index is 1.25. The molecule has 1 N–H and O–H groups in total. The molecular formula is C23H19N5O4S. The van der Waals surface area contributed by atoms with Crippen LogP contribution in [0, 0.1) is 11.3 Å². The zero-order valence-corrected chi connectivity index (χ0v) is 18.3. The van der Waals surface area contributed by atoms with Crippen molar-refractivity contribution in [3.05, 3.63) is 53.6 Å². The molecule has 0 saturated heterocycles. The first kappa shape index (κ1) is 21.0. The van der Waals surface area contributed by atoms with E-state index < -0.39 is 6.04 Å². The van der Waals surface area contributed by atoms with Crippen LogP contribution in [0.3, 0.4) is 0 Å². The largest absolute Gasteiger partial charge is 0.454 e. The van der Waals surface area contributed by atoms with Crippen LogP contribution >= 0.6 is 11.8 Å². The molecule has 3 aliphatic heterocycles. The molecule has 33 heavy (non-hydrogen) atoms. The second kappa shape index (κ2) is 8.96. The van der Waals surface area contributed by atoms with Crippen LogP contribution in [0.1, 0.15) is 24.0 Å². The van der Waals surface area contributed by atoms with Gasteiger partial charge >= 0.3 is 0 Å². The molecule has 0 radical (unpaired) electrons. The minimum atomic E-state index is -0.630. The lowest BCUT2D eigenvalue weighted by Gasteiger charge is -2.30. The summed E-state index contributed by atoms with van der Waals surface area (Å²) in [4.78, 5) is 35.9. The number of hydrogen-bond donors (Lipinski definition) is 1. The van der Waals surface area contributed by atoms with Crippen LogP contribution in [-0.2, 0) is 16.1 Å². The van der Waals surface area contributed by atoms with Gasteiger partial charge < -0.3 is 14.8 Å². The minimum Gasteiger partial charge on any atom is -0.454 e. The second-order valence-corrected chi connectivity index (χ2v) is 8.46. The number of nitrogens with one attached hydrogen (secondary N) is 1. The van der Waals surface area contributed by atoms with Crippen LogP contribution in [0.4, 0.5) is 5.69 Å². The maximum atomic E-state index is 12.8. The molecule has 166 valence electrons. The normalized spacial score (nSPS) is 17.6. The molecule has 0 aliphatic carbocycles. The molecule has 1 unspecified atom stereocenters. The van der Waals surface area contributed by atoms with Crippen molar-refractivity contribution in [1.29, 1.82) is 5.26 Å². The SMILES string of the molecule is N#CCSC1=Nc2ccccc2C2=NC(=O)C(CCC(=O)NCc3ccc4c(c3)OCO4)N12. The molecule has 3 heterocycles. The molecule has 0 bridgehead atoms. The van der Waals surface area contributed by atoms with Crippen molar-refractivity contribution in [1.82, 2.24) is 10.2 Å². The molecule has 5 rings (SSSR count). The quantitative estimate of drug-likeness (QED) is 0.703. The van der Waals surface area contributed by atoms with Gasteiger partial charge in [0.25, 0.3) is 5.91 Å². The lowest BCUT2D eigenvalue weighted by Crippen LogP contribution is -2.44. The standard InChI is InChI=1S/C23H19N5O4S/c24-9-10-33-23-26-16-4-2-1-3-15(16)21-27-22(30)17(28(21)23)6-8-20(29)25-12-14-5-7-18-19(11-14)32-13-31-18/h1-5,7,11,17H,6,8,10,12-13H2,(H,25,29). The fourth-order valence-electron chi connectivity index (χ4n) is 3.88. The van der Waals surface area contributed by atoms with E-state index in [4.69, 9.17) is 14.7 Å². The van der Waals surface area contributed by atoms with Gasteiger partial charge in [0.1, 0.15) is 11.9 Å². The van der Waals surface area contributed by atoms with Crippen molar-refractivity contribution in [3.63, 3.8) is 0 Å². The minimum absolute atomic E-state index is 0.151. The average molecular weight is 462 g/mol. The number of nitrogens with zero attached hydrogens (tertiary/aromatic N) is 4. The van der Waals surface area contributed by atoms with E-state index in [-0.39, 0.29) is 37.2 Å². The van der Waals surface area contributed by atoms with E-state index >= 15 is 0 Å². The highest BCUT2D eigenvalue weighted by atomic mass is 32.2. The van der Waals surface area contributed by atoms with Crippen LogP contribution in [0.5, 0.6) is 11.5 Å². The van der Waals surface area contributed by atoms with Gasteiger partial charge in [0.05, 0.1) is 17.5 Å². The Kier molecular flexibility index (Phi) is 5.71. The Hall–Kier alpha value is -3.84. The number of amidine groups is 2. The van der Waals surface area contributed by atoms with Crippen LogP contribution in [0.25, 0.3) is 0 Å². The van der Waals surface area contributed by atoms with E-state index in [9.17, 15) is 9.59 Å². The van der Waals surface area contributed by atoms with Gasteiger partial charge in [-0.25, -0.2) is 4.99 Å². The molecule has 0 spiro atoms. The molecule has 2 amide bonds. The van der Waals surface area contributed by atoms with Crippen LogP contribution in [-0.4, -0.2) is 46.3 Å². The number of carbonyl (C=O) groups excluding carboxylic acids is 2. The molecule has 2 aromatic rings. The zero-order valence-electron chi connectivity index (χ0n) is 17.5. The number of ether oxygens (including phenoxy) is 2. The van der Waals surface area contributed by atoms with E-state index in [0.29, 0.717) is 34.7 Å². The van der Waals surface area contributed by atoms with Gasteiger partial charge in [0, 0.05) is 18.5 Å². The monoisotopic (exact) mass is 461 g/mol. The van der Waals surface area contributed by atoms with E-state index in [1.807, 2.05) is 42.5 Å². The van der Waals surface area contributed by atoms with Gasteiger partial charge in [0.15, 0.2) is 16.7 Å². The summed E-state index contributed by atoms with van der Waals surface area (Å²) in [6, 6.07) is 14.4. The molecule has 2 aromatic carbocycles. The highest BCUT2D eigenvalue weighted by Gasteiger charge is 2.41. The summed E-state index contributed by atoms with van der Waals surface area (Å²) in [7, 11) is 0. The number of hydrogen-bond acceptors (Lipinski definition) is 8. The number of rotatable bonds is 6. The number of benzene rings is 2. The Morgan fingerprint density at radius 1 is 1.21 bits per heavy atom. The third kappa shape index (κ3) is 4.15. The lowest BCUT2D eigenvalue weighted by atomic mass is 10.1. The van der Waals surface area contributed by atoms with E-state index in [1.165, 1.54) is 11.8 Å². The third-order valence-corrected chi connectivity index (χ3v) is 6.27. The summed E-state index contributed by atoms with van der Waals surface area (Å²) in [5.41, 5.74) is 2.37.